The zero-order valence-corrected chi connectivity index (χ0v) is 19.4. The number of carbonyl (C=O) groups is 3. The topological polar surface area (TPSA) is 108 Å². The van der Waals surface area contributed by atoms with Crippen LogP contribution in [0.2, 0.25) is 0 Å². The molecule has 2 aliphatic rings. The second kappa shape index (κ2) is 10.6. The van der Waals surface area contributed by atoms with Gasteiger partial charge in [0, 0.05) is 30.9 Å². The summed E-state index contributed by atoms with van der Waals surface area (Å²) in [4.78, 5) is 37.7. The predicted molar refractivity (Wildman–Crippen MR) is 129 cm³/mol. The second-order valence-corrected chi connectivity index (χ2v) is 9.17. The van der Waals surface area contributed by atoms with E-state index in [-0.39, 0.29) is 30.6 Å². The third-order valence-corrected chi connectivity index (χ3v) is 6.65. The van der Waals surface area contributed by atoms with Crippen molar-refractivity contribution in [2.24, 2.45) is 5.92 Å². The van der Waals surface area contributed by atoms with Gasteiger partial charge in [-0.2, -0.15) is 0 Å². The van der Waals surface area contributed by atoms with Crippen molar-refractivity contribution in [2.75, 3.05) is 17.2 Å². The van der Waals surface area contributed by atoms with E-state index in [4.69, 9.17) is 9.84 Å². The molecule has 1 heterocycles. The molecule has 2 aromatic rings. The molecule has 0 bridgehead atoms. The number of nitrogens with one attached hydrogen (secondary N) is 2. The first kappa shape index (κ1) is 23.6. The van der Waals surface area contributed by atoms with Crippen molar-refractivity contribution in [3.8, 4) is 0 Å². The number of carbonyl (C=O) groups excluding carboxylic acids is 2. The summed E-state index contributed by atoms with van der Waals surface area (Å²) in [6, 6.07) is 13.0. The molecule has 0 aromatic heterocycles. The number of aliphatic carboxylic acids is 1. The van der Waals surface area contributed by atoms with Gasteiger partial charge in [0.15, 0.2) is 0 Å². The van der Waals surface area contributed by atoms with E-state index in [1.165, 1.54) is 0 Å². The van der Waals surface area contributed by atoms with Crippen molar-refractivity contribution in [1.29, 1.82) is 0 Å². The molecule has 34 heavy (non-hydrogen) atoms. The van der Waals surface area contributed by atoms with E-state index in [1.807, 2.05) is 49.4 Å². The number of nitrogens with zero attached hydrogens (tertiary/aromatic N) is 1. The minimum absolute atomic E-state index is 0.141. The van der Waals surface area contributed by atoms with Crippen LogP contribution in [0.1, 0.15) is 48.8 Å². The number of amides is 3. The van der Waals surface area contributed by atoms with Gasteiger partial charge in [-0.25, -0.2) is 9.59 Å². The third-order valence-electron chi connectivity index (χ3n) is 6.65. The average molecular weight is 466 g/mol. The van der Waals surface area contributed by atoms with Crippen molar-refractivity contribution in [2.45, 2.75) is 58.1 Å². The maximum Gasteiger partial charge on any atom is 0.410 e. The molecule has 0 unspecified atom stereocenters. The van der Waals surface area contributed by atoms with Crippen LogP contribution in [-0.4, -0.2) is 40.7 Å². The highest BCUT2D eigenvalue weighted by atomic mass is 16.6. The fraction of sp³-hybridized carbons (Fsp3) is 0.423. The monoisotopic (exact) mass is 465 g/mol. The SMILES string of the molecule is Cc1ccccc1NC(=O)Nc1ccc2c(c1)CCN(C(=O)O[C@H]1CC[C@H](CC(=O)O)CC1)C2. The fourth-order valence-corrected chi connectivity index (χ4v) is 4.70. The van der Waals surface area contributed by atoms with Crippen LogP contribution in [0.15, 0.2) is 42.5 Å². The van der Waals surface area contributed by atoms with Crippen LogP contribution in [0.4, 0.5) is 21.0 Å². The molecule has 1 aliphatic carbocycles. The van der Waals surface area contributed by atoms with E-state index in [2.05, 4.69) is 10.6 Å². The number of carboxylic acid groups (broad SMARTS) is 1. The summed E-state index contributed by atoms with van der Waals surface area (Å²) < 4.78 is 5.72. The fourth-order valence-electron chi connectivity index (χ4n) is 4.70. The lowest BCUT2D eigenvalue weighted by molar-refractivity contribution is -0.138. The van der Waals surface area contributed by atoms with Gasteiger partial charge in [-0.1, -0.05) is 24.3 Å². The van der Waals surface area contributed by atoms with Gasteiger partial charge in [-0.3, -0.25) is 4.79 Å². The summed E-state index contributed by atoms with van der Waals surface area (Å²) in [7, 11) is 0. The van der Waals surface area contributed by atoms with E-state index in [0.717, 1.165) is 35.2 Å². The van der Waals surface area contributed by atoms with Gasteiger partial charge in [0.1, 0.15) is 6.10 Å². The molecule has 1 aliphatic heterocycles. The lowest BCUT2D eigenvalue weighted by Gasteiger charge is -2.32. The maximum atomic E-state index is 12.7. The van der Waals surface area contributed by atoms with E-state index in [9.17, 15) is 14.4 Å². The summed E-state index contributed by atoms with van der Waals surface area (Å²) in [5.74, 6) is -0.589. The molecule has 4 rings (SSSR count). The Morgan fingerprint density at radius 1 is 1.03 bits per heavy atom. The molecular formula is C26H31N3O5. The first-order valence-electron chi connectivity index (χ1n) is 11.8. The Kier molecular flexibility index (Phi) is 7.35. The number of para-hydroxylation sites is 1. The Morgan fingerprint density at radius 3 is 2.53 bits per heavy atom. The summed E-state index contributed by atoms with van der Waals surface area (Å²) >= 11 is 0. The third kappa shape index (κ3) is 6.07. The lowest BCUT2D eigenvalue weighted by Crippen LogP contribution is -2.39. The number of hydrogen-bond acceptors (Lipinski definition) is 4. The van der Waals surface area contributed by atoms with Crippen LogP contribution >= 0.6 is 0 Å². The van der Waals surface area contributed by atoms with E-state index < -0.39 is 5.97 Å². The minimum Gasteiger partial charge on any atom is -0.481 e. The van der Waals surface area contributed by atoms with Crippen LogP contribution in [0.5, 0.6) is 0 Å². The molecule has 8 nitrogen and oxygen atoms in total. The quantitative estimate of drug-likeness (QED) is 0.565. The van der Waals surface area contributed by atoms with Gasteiger partial charge >= 0.3 is 18.1 Å². The van der Waals surface area contributed by atoms with Crippen LogP contribution in [0, 0.1) is 12.8 Å². The number of hydrogen-bond donors (Lipinski definition) is 3. The van der Waals surface area contributed by atoms with Gasteiger partial charge in [-0.15, -0.1) is 0 Å². The number of aryl methyl sites for hydroxylation is 1. The van der Waals surface area contributed by atoms with Crippen LogP contribution in [0.3, 0.4) is 0 Å². The molecule has 0 radical (unpaired) electrons. The summed E-state index contributed by atoms with van der Waals surface area (Å²) in [6.45, 7) is 2.97. The summed E-state index contributed by atoms with van der Waals surface area (Å²) in [5, 5.41) is 14.7. The molecule has 1 saturated carbocycles. The predicted octanol–water partition coefficient (Wildman–Crippen LogP) is 5.17. The molecule has 1 fully saturated rings. The van der Waals surface area contributed by atoms with Crippen molar-refractivity contribution < 1.29 is 24.2 Å². The van der Waals surface area contributed by atoms with Crippen molar-refractivity contribution >= 4 is 29.5 Å². The van der Waals surface area contributed by atoms with Crippen molar-refractivity contribution in [3.05, 3.63) is 59.2 Å². The number of anilines is 2. The minimum atomic E-state index is -0.766. The van der Waals surface area contributed by atoms with E-state index >= 15 is 0 Å². The average Bonchev–Trinajstić information content (AvgIpc) is 2.81. The van der Waals surface area contributed by atoms with Gasteiger partial charge in [0.2, 0.25) is 0 Å². The van der Waals surface area contributed by atoms with Gasteiger partial charge in [0.25, 0.3) is 0 Å². The highest BCUT2D eigenvalue weighted by molar-refractivity contribution is 6.00. The zero-order chi connectivity index (χ0) is 24.1. The van der Waals surface area contributed by atoms with E-state index in [0.29, 0.717) is 38.0 Å². The highest BCUT2D eigenvalue weighted by Crippen LogP contribution is 2.30. The second-order valence-electron chi connectivity index (χ2n) is 9.17. The molecule has 0 saturated heterocycles. The van der Waals surface area contributed by atoms with Crippen LogP contribution < -0.4 is 10.6 Å². The first-order valence-corrected chi connectivity index (χ1v) is 11.8. The van der Waals surface area contributed by atoms with Gasteiger partial charge < -0.3 is 25.4 Å². The molecular weight excluding hydrogens is 434 g/mol. The zero-order valence-electron chi connectivity index (χ0n) is 19.4. The Labute approximate surface area is 199 Å². The maximum absolute atomic E-state index is 12.7. The van der Waals surface area contributed by atoms with E-state index in [1.54, 1.807) is 4.90 Å². The summed E-state index contributed by atoms with van der Waals surface area (Å²) in [6.07, 6.45) is 3.41. The Bertz CT molecular complexity index is 1060. The number of benzene rings is 2. The molecule has 0 atom stereocenters. The first-order chi connectivity index (χ1) is 16.4. The number of carboxylic acids is 1. The van der Waals surface area contributed by atoms with Crippen molar-refractivity contribution in [3.63, 3.8) is 0 Å². The van der Waals surface area contributed by atoms with Crippen LogP contribution in [-0.2, 0) is 22.5 Å². The molecule has 0 spiro atoms. The lowest BCUT2D eigenvalue weighted by atomic mass is 9.85. The van der Waals surface area contributed by atoms with Gasteiger partial charge in [0.05, 0.1) is 0 Å². The highest BCUT2D eigenvalue weighted by Gasteiger charge is 2.28. The number of rotatable bonds is 5. The Balaban J connectivity index is 1.28. The standard InChI is InChI=1S/C26H31N3O5/c1-17-4-2-3-5-23(17)28-25(32)27-21-9-8-20-16-29(13-12-19(20)15-21)26(33)34-22-10-6-18(7-11-22)14-24(30)31/h2-5,8-9,15,18,22H,6-7,10-14,16H2,1H3,(H,30,31)(H2,27,28,32)/t18-,22-. The molecule has 2 aromatic carbocycles. The largest absolute Gasteiger partial charge is 0.481 e. The molecule has 8 heteroatoms. The Morgan fingerprint density at radius 2 is 1.79 bits per heavy atom. The van der Waals surface area contributed by atoms with Crippen molar-refractivity contribution in [1.82, 2.24) is 4.90 Å². The smallest absolute Gasteiger partial charge is 0.410 e. The summed E-state index contributed by atoms with van der Waals surface area (Å²) in [5.41, 5.74) is 4.61. The Hall–Kier alpha value is -3.55. The molecule has 3 N–H and O–H groups in total. The van der Waals surface area contributed by atoms with Gasteiger partial charge in [-0.05, 0) is 79.8 Å². The molecule has 180 valence electrons. The number of urea groups is 1. The number of fused-ring (bicyclic) bond motifs is 1. The number of ether oxygens (including phenoxy) is 1. The van der Waals surface area contributed by atoms with Crippen LogP contribution in [0.25, 0.3) is 0 Å². The molecule has 3 amide bonds. The normalized spacial score (nSPS) is 19.6.